The van der Waals surface area contributed by atoms with E-state index in [2.05, 4.69) is 4.98 Å². The molecule has 3 aromatic rings. The van der Waals surface area contributed by atoms with Crippen molar-refractivity contribution in [3.8, 4) is 0 Å². The molecule has 0 saturated carbocycles. The summed E-state index contributed by atoms with van der Waals surface area (Å²) in [6, 6.07) is 10.6. The topological polar surface area (TPSA) is 125 Å². The van der Waals surface area contributed by atoms with Crippen molar-refractivity contribution in [3.63, 3.8) is 0 Å². The van der Waals surface area contributed by atoms with Gasteiger partial charge in [0.25, 0.3) is 5.69 Å². The molecule has 0 N–H and O–H groups in total. The van der Waals surface area contributed by atoms with Crippen LogP contribution in [0.4, 0.5) is 5.69 Å². The molecule has 31 heavy (non-hydrogen) atoms. The van der Waals surface area contributed by atoms with Gasteiger partial charge in [0, 0.05) is 32.3 Å². The van der Waals surface area contributed by atoms with Gasteiger partial charge in [0.2, 0.25) is 10.0 Å². The van der Waals surface area contributed by atoms with Crippen LogP contribution in [0.15, 0.2) is 47.4 Å². The third-order valence-electron chi connectivity index (χ3n) is 4.78. The number of rotatable bonds is 8. The van der Waals surface area contributed by atoms with Crippen LogP contribution in [0.3, 0.4) is 0 Å². The molecule has 0 amide bonds. The van der Waals surface area contributed by atoms with Crippen molar-refractivity contribution in [1.29, 1.82) is 0 Å². The number of hydrogen-bond donors (Lipinski definition) is 0. The Morgan fingerprint density at radius 1 is 1.23 bits per heavy atom. The Bertz CT molecular complexity index is 1250. The highest BCUT2D eigenvalue weighted by atomic mass is 32.2. The Labute approximate surface area is 179 Å². The van der Waals surface area contributed by atoms with E-state index < -0.39 is 20.9 Å². The number of carbonyl (C=O) groups is 1. The van der Waals surface area contributed by atoms with Gasteiger partial charge in [-0.05, 0) is 25.1 Å². The predicted molar refractivity (Wildman–Crippen MR) is 113 cm³/mol. The van der Waals surface area contributed by atoms with Crippen LogP contribution in [0.5, 0.6) is 0 Å². The summed E-state index contributed by atoms with van der Waals surface area (Å²) in [6.07, 6.45) is -0.241. The second kappa shape index (κ2) is 8.82. The van der Waals surface area contributed by atoms with Crippen molar-refractivity contribution in [2.45, 2.75) is 31.4 Å². The van der Waals surface area contributed by atoms with E-state index in [1.165, 1.54) is 44.4 Å². The fraction of sp³-hybridized carbons (Fsp3) is 0.300. The van der Waals surface area contributed by atoms with E-state index in [0.717, 1.165) is 4.31 Å². The molecule has 0 fully saturated rings. The molecular weight excluding hydrogens is 424 g/mol. The van der Waals surface area contributed by atoms with Gasteiger partial charge in [-0.2, -0.15) is 0 Å². The molecule has 0 aliphatic heterocycles. The number of carbonyl (C=O) groups excluding carboxylic acids is 1. The molecule has 164 valence electrons. The van der Waals surface area contributed by atoms with Crippen LogP contribution in [-0.2, 0) is 39.1 Å². The van der Waals surface area contributed by atoms with E-state index in [4.69, 9.17) is 4.74 Å². The SMILES string of the molecule is CCn1c(COC(=O)Cc2ccccc2[N+](=O)[O-])nc2cc(S(=O)(=O)N(C)C)ccc21. The molecule has 0 saturated heterocycles. The molecule has 0 atom stereocenters. The summed E-state index contributed by atoms with van der Waals surface area (Å²) >= 11 is 0. The Kier molecular flexibility index (Phi) is 6.37. The average Bonchev–Trinajstić information content (AvgIpc) is 3.09. The van der Waals surface area contributed by atoms with Gasteiger partial charge in [-0.15, -0.1) is 0 Å². The lowest BCUT2D eigenvalue weighted by atomic mass is 10.1. The third-order valence-corrected chi connectivity index (χ3v) is 6.59. The van der Waals surface area contributed by atoms with Crippen LogP contribution in [0.2, 0.25) is 0 Å². The lowest BCUT2D eigenvalue weighted by Crippen LogP contribution is -2.22. The van der Waals surface area contributed by atoms with Crippen molar-refractivity contribution in [3.05, 3.63) is 64.0 Å². The predicted octanol–water partition coefficient (Wildman–Crippen LogP) is 2.50. The summed E-state index contributed by atoms with van der Waals surface area (Å²) in [6.45, 7) is 2.29. The quantitative estimate of drug-likeness (QED) is 0.296. The van der Waals surface area contributed by atoms with Crippen LogP contribution in [0.25, 0.3) is 11.0 Å². The summed E-state index contributed by atoms with van der Waals surface area (Å²) in [7, 11) is -0.705. The Balaban J connectivity index is 1.82. The first-order valence-electron chi connectivity index (χ1n) is 9.44. The molecule has 0 aliphatic rings. The number of aryl methyl sites for hydroxylation is 1. The van der Waals surface area contributed by atoms with E-state index in [0.29, 0.717) is 23.4 Å². The second-order valence-corrected chi connectivity index (χ2v) is 9.09. The Morgan fingerprint density at radius 2 is 1.94 bits per heavy atom. The summed E-state index contributed by atoms with van der Waals surface area (Å²) in [5.74, 6) is -0.173. The van der Waals surface area contributed by atoms with Gasteiger partial charge >= 0.3 is 5.97 Å². The molecule has 11 heteroatoms. The monoisotopic (exact) mass is 446 g/mol. The van der Waals surface area contributed by atoms with Crippen LogP contribution >= 0.6 is 0 Å². The molecule has 0 unspecified atom stereocenters. The number of nitro benzene ring substituents is 1. The summed E-state index contributed by atoms with van der Waals surface area (Å²) in [5.41, 5.74) is 1.30. The Hall–Kier alpha value is -3.31. The number of hydrogen-bond acceptors (Lipinski definition) is 7. The number of nitro groups is 1. The van der Waals surface area contributed by atoms with E-state index >= 15 is 0 Å². The third kappa shape index (κ3) is 4.57. The van der Waals surface area contributed by atoms with Crippen molar-refractivity contribution in [2.75, 3.05) is 14.1 Å². The van der Waals surface area contributed by atoms with Crippen molar-refractivity contribution >= 4 is 32.7 Å². The number of imidazole rings is 1. The zero-order valence-corrected chi connectivity index (χ0v) is 18.1. The first-order chi connectivity index (χ1) is 14.6. The summed E-state index contributed by atoms with van der Waals surface area (Å²) < 4.78 is 33.0. The second-order valence-electron chi connectivity index (χ2n) is 6.93. The van der Waals surface area contributed by atoms with Gasteiger partial charge in [0.1, 0.15) is 12.4 Å². The van der Waals surface area contributed by atoms with Gasteiger partial charge in [-0.3, -0.25) is 14.9 Å². The number of para-hydroxylation sites is 1. The van der Waals surface area contributed by atoms with Gasteiger partial charge in [-0.1, -0.05) is 18.2 Å². The normalized spacial score (nSPS) is 11.7. The molecule has 0 spiro atoms. The highest BCUT2D eigenvalue weighted by Gasteiger charge is 2.21. The van der Waals surface area contributed by atoms with Crippen LogP contribution in [-0.4, -0.2) is 47.3 Å². The minimum Gasteiger partial charge on any atom is -0.457 e. The van der Waals surface area contributed by atoms with E-state index in [1.54, 1.807) is 12.1 Å². The summed E-state index contributed by atoms with van der Waals surface area (Å²) in [4.78, 5) is 27.4. The van der Waals surface area contributed by atoms with Crippen LogP contribution < -0.4 is 0 Å². The fourth-order valence-electron chi connectivity index (χ4n) is 3.18. The smallest absolute Gasteiger partial charge is 0.310 e. The van der Waals surface area contributed by atoms with Gasteiger partial charge < -0.3 is 9.30 Å². The standard InChI is InChI=1S/C20H22N4O6S/c1-4-23-18-10-9-15(31(28,29)22(2)3)12-16(18)21-19(23)13-30-20(25)11-14-7-5-6-8-17(14)24(26)27/h5-10,12H,4,11,13H2,1-3H3. The maximum Gasteiger partial charge on any atom is 0.310 e. The lowest BCUT2D eigenvalue weighted by molar-refractivity contribution is -0.385. The molecule has 2 aromatic carbocycles. The lowest BCUT2D eigenvalue weighted by Gasteiger charge is -2.11. The molecule has 0 radical (unpaired) electrons. The van der Waals surface area contributed by atoms with E-state index in [-0.39, 0.29) is 29.2 Å². The zero-order valence-electron chi connectivity index (χ0n) is 17.3. The number of benzene rings is 2. The van der Waals surface area contributed by atoms with Crippen molar-refractivity contribution in [2.24, 2.45) is 0 Å². The van der Waals surface area contributed by atoms with E-state index in [1.807, 2.05) is 11.5 Å². The first kappa shape index (κ1) is 22.4. The number of fused-ring (bicyclic) bond motifs is 1. The van der Waals surface area contributed by atoms with Crippen LogP contribution in [0, 0.1) is 10.1 Å². The molecular formula is C20H22N4O6S. The molecule has 1 heterocycles. The molecule has 0 aliphatic carbocycles. The Morgan fingerprint density at radius 3 is 2.58 bits per heavy atom. The number of nitrogens with zero attached hydrogens (tertiary/aromatic N) is 4. The largest absolute Gasteiger partial charge is 0.457 e. The van der Waals surface area contributed by atoms with Gasteiger partial charge in [0.05, 0.1) is 27.3 Å². The maximum atomic E-state index is 12.4. The molecule has 1 aromatic heterocycles. The zero-order chi connectivity index (χ0) is 22.8. The van der Waals surface area contributed by atoms with Crippen molar-refractivity contribution < 1.29 is 22.9 Å². The molecule has 10 nitrogen and oxygen atoms in total. The van der Waals surface area contributed by atoms with Gasteiger partial charge in [-0.25, -0.2) is 17.7 Å². The minimum absolute atomic E-state index is 0.116. The van der Waals surface area contributed by atoms with Crippen molar-refractivity contribution in [1.82, 2.24) is 13.9 Å². The maximum absolute atomic E-state index is 12.4. The number of aromatic nitrogens is 2. The highest BCUT2D eigenvalue weighted by molar-refractivity contribution is 7.89. The highest BCUT2D eigenvalue weighted by Crippen LogP contribution is 2.23. The van der Waals surface area contributed by atoms with Crippen LogP contribution in [0.1, 0.15) is 18.3 Å². The number of esters is 1. The summed E-state index contributed by atoms with van der Waals surface area (Å²) in [5, 5.41) is 11.1. The molecule has 3 rings (SSSR count). The van der Waals surface area contributed by atoms with E-state index in [9.17, 15) is 23.3 Å². The van der Waals surface area contributed by atoms with Gasteiger partial charge in [0.15, 0.2) is 0 Å². The molecule has 0 bridgehead atoms. The number of ether oxygens (including phenoxy) is 1. The average molecular weight is 446 g/mol. The number of sulfonamides is 1. The minimum atomic E-state index is -3.61. The first-order valence-corrected chi connectivity index (χ1v) is 10.9. The fourth-order valence-corrected chi connectivity index (χ4v) is 4.11.